The van der Waals surface area contributed by atoms with Crippen molar-refractivity contribution >= 4 is 0 Å². The minimum atomic E-state index is 0.135. The van der Waals surface area contributed by atoms with Crippen molar-refractivity contribution in [3.8, 4) is 0 Å². The van der Waals surface area contributed by atoms with Crippen LogP contribution in [0.2, 0.25) is 0 Å². The lowest BCUT2D eigenvalue weighted by Crippen LogP contribution is -2.49. The van der Waals surface area contributed by atoms with Crippen LogP contribution in [0, 0.1) is 0 Å². The monoisotopic (exact) mass is 259 g/mol. The van der Waals surface area contributed by atoms with Gasteiger partial charge in [0.25, 0.3) is 0 Å². The van der Waals surface area contributed by atoms with Gasteiger partial charge >= 0.3 is 0 Å². The van der Waals surface area contributed by atoms with Crippen molar-refractivity contribution < 1.29 is 0 Å². The molecular weight excluding hydrogens is 234 g/mol. The van der Waals surface area contributed by atoms with Gasteiger partial charge < -0.3 is 5.73 Å². The van der Waals surface area contributed by atoms with E-state index in [4.69, 9.17) is 5.73 Å². The molecule has 3 heteroatoms. The molecule has 0 aromatic heterocycles. The predicted molar refractivity (Wildman–Crippen MR) is 78.9 cm³/mol. The maximum absolute atomic E-state index is 5.89. The van der Waals surface area contributed by atoms with Crippen LogP contribution in [0.1, 0.15) is 36.9 Å². The summed E-state index contributed by atoms with van der Waals surface area (Å²) in [7, 11) is 0. The molecule has 2 aliphatic rings. The van der Waals surface area contributed by atoms with Gasteiger partial charge in [0.15, 0.2) is 0 Å². The summed E-state index contributed by atoms with van der Waals surface area (Å²) in [5.41, 5.74) is 8.53. The van der Waals surface area contributed by atoms with Gasteiger partial charge in [0.2, 0.25) is 0 Å². The van der Waals surface area contributed by atoms with Crippen molar-refractivity contribution in [2.75, 3.05) is 26.2 Å². The summed E-state index contributed by atoms with van der Waals surface area (Å²) in [6, 6.07) is 9.77. The number of nitrogens with two attached hydrogens (primary N) is 1. The van der Waals surface area contributed by atoms with Gasteiger partial charge in [-0.25, -0.2) is 0 Å². The standard InChI is InChI=1S/C16H25N3/c1-13(17)15-6-4-14(5-7-15)11-18-9-10-19-8-2-3-16(19)12-18/h4-7,13,16H,2-3,8-12,17H2,1H3/t13-,16?/m0/s1. The summed E-state index contributed by atoms with van der Waals surface area (Å²) < 4.78 is 0. The molecule has 0 aliphatic carbocycles. The molecule has 2 fully saturated rings. The Morgan fingerprint density at radius 3 is 2.74 bits per heavy atom. The molecular formula is C16H25N3. The Bertz CT molecular complexity index is 413. The third kappa shape index (κ3) is 2.99. The van der Waals surface area contributed by atoms with Crippen LogP contribution < -0.4 is 5.73 Å². The van der Waals surface area contributed by atoms with Crippen LogP contribution in [0.5, 0.6) is 0 Å². The van der Waals surface area contributed by atoms with Gasteiger partial charge in [0, 0.05) is 38.3 Å². The molecule has 2 aliphatic heterocycles. The molecule has 0 bridgehead atoms. The minimum Gasteiger partial charge on any atom is -0.324 e. The van der Waals surface area contributed by atoms with Crippen molar-refractivity contribution in [2.45, 2.75) is 38.4 Å². The molecule has 0 spiro atoms. The topological polar surface area (TPSA) is 32.5 Å². The first kappa shape index (κ1) is 13.1. The summed E-state index contributed by atoms with van der Waals surface area (Å²) in [6.07, 6.45) is 2.78. The Labute approximate surface area is 116 Å². The molecule has 0 saturated carbocycles. The van der Waals surface area contributed by atoms with Gasteiger partial charge in [-0.3, -0.25) is 9.80 Å². The molecule has 104 valence electrons. The Kier molecular flexibility index (Phi) is 3.87. The van der Waals surface area contributed by atoms with E-state index in [1.807, 2.05) is 6.92 Å². The van der Waals surface area contributed by atoms with Crippen molar-refractivity contribution in [3.05, 3.63) is 35.4 Å². The van der Waals surface area contributed by atoms with Crippen molar-refractivity contribution in [2.24, 2.45) is 5.73 Å². The summed E-state index contributed by atoms with van der Waals surface area (Å²) in [5, 5.41) is 0. The maximum Gasteiger partial charge on any atom is 0.0266 e. The fraction of sp³-hybridized carbons (Fsp3) is 0.625. The first-order chi connectivity index (χ1) is 9.22. The lowest BCUT2D eigenvalue weighted by atomic mass is 10.1. The Morgan fingerprint density at radius 1 is 1.21 bits per heavy atom. The zero-order valence-corrected chi connectivity index (χ0v) is 11.9. The van der Waals surface area contributed by atoms with Crippen molar-refractivity contribution in [1.29, 1.82) is 0 Å². The van der Waals surface area contributed by atoms with E-state index in [9.17, 15) is 0 Å². The second-order valence-corrected chi connectivity index (χ2v) is 6.10. The van der Waals surface area contributed by atoms with E-state index in [1.54, 1.807) is 0 Å². The zero-order valence-electron chi connectivity index (χ0n) is 11.9. The normalized spacial score (nSPS) is 26.3. The molecule has 2 heterocycles. The highest BCUT2D eigenvalue weighted by atomic mass is 15.3. The van der Waals surface area contributed by atoms with E-state index in [0.717, 1.165) is 12.6 Å². The van der Waals surface area contributed by atoms with E-state index in [1.165, 1.54) is 50.1 Å². The highest BCUT2D eigenvalue weighted by molar-refractivity contribution is 5.24. The lowest BCUT2D eigenvalue weighted by molar-refractivity contribution is 0.0994. The molecule has 2 N–H and O–H groups in total. The van der Waals surface area contributed by atoms with Crippen LogP contribution in [0.15, 0.2) is 24.3 Å². The number of fused-ring (bicyclic) bond motifs is 1. The predicted octanol–water partition coefficient (Wildman–Crippen LogP) is 1.99. The molecule has 2 atom stereocenters. The maximum atomic E-state index is 5.89. The third-order valence-electron chi connectivity index (χ3n) is 4.58. The quantitative estimate of drug-likeness (QED) is 0.901. The molecule has 2 saturated heterocycles. The fourth-order valence-corrected chi connectivity index (χ4v) is 3.38. The first-order valence-electron chi connectivity index (χ1n) is 7.53. The highest BCUT2D eigenvalue weighted by Gasteiger charge is 2.30. The van der Waals surface area contributed by atoms with Gasteiger partial charge in [-0.05, 0) is 37.4 Å². The van der Waals surface area contributed by atoms with Crippen molar-refractivity contribution in [3.63, 3.8) is 0 Å². The average molecular weight is 259 g/mol. The highest BCUT2D eigenvalue weighted by Crippen LogP contribution is 2.22. The van der Waals surface area contributed by atoms with E-state index in [0.29, 0.717) is 0 Å². The van der Waals surface area contributed by atoms with Gasteiger partial charge in [-0.2, -0.15) is 0 Å². The molecule has 1 aromatic carbocycles. The zero-order chi connectivity index (χ0) is 13.2. The summed E-state index contributed by atoms with van der Waals surface area (Å²) in [5.74, 6) is 0. The Morgan fingerprint density at radius 2 is 2.00 bits per heavy atom. The Hall–Kier alpha value is -0.900. The lowest BCUT2D eigenvalue weighted by Gasteiger charge is -2.37. The molecule has 1 unspecified atom stereocenters. The van der Waals surface area contributed by atoms with Crippen LogP contribution >= 0.6 is 0 Å². The molecule has 3 nitrogen and oxygen atoms in total. The SMILES string of the molecule is C[C@H](N)c1ccc(CN2CCN3CCCC3C2)cc1. The summed E-state index contributed by atoms with van der Waals surface area (Å²) in [4.78, 5) is 5.27. The molecule has 3 rings (SSSR count). The van der Waals surface area contributed by atoms with Gasteiger partial charge in [-0.1, -0.05) is 24.3 Å². The van der Waals surface area contributed by atoms with E-state index < -0.39 is 0 Å². The smallest absolute Gasteiger partial charge is 0.0266 e. The van der Waals surface area contributed by atoms with Crippen LogP contribution in [0.3, 0.4) is 0 Å². The van der Waals surface area contributed by atoms with E-state index >= 15 is 0 Å². The number of hydrogen-bond donors (Lipinski definition) is 1. The minimum absolute atomic E-state index is 0.135. The van der Waals surface area contributed by atoms with Crippen LogP contribution in [-0.4, -0.2) is 42.0 Å². The second-order valence-electron chi connectivity index (χ2n) is 6.10. The number of hydrogen-bond acceptors (Lipinski definition) is 3. The van der Waals surface area contributed by atoms with E-state index in [-0.39, 0.29) is 6.04 Å². The molecule has 19 heavy (non-hydrogen) atoms. The van der Waals surface area contributed by atoms with Gasteiger partial charge in [0.1, 0.15) is 0 Å². The first-order valence-corrected chi connectivity index (χ1v) is 7.53. The van der Waals surface area contributed by atoms with Crippen molar-refractivity contribution in [1.82, 2.24) is 9.80 Å². The van der Waals surface area contributed by atoms with Gasteiger partial charge in [-0.15, -0.1) is 0 Å². The van der Waals surface area contributed by atoms with Crippen LogP contribution in [-0.2, 0) is 6.54 Å². The molecule has 0 amide bonds. The number of nitrogens with zero attached hydrogens (tertiary/aromatic N) is 2. The second kappa shape index (κ2) is 5.61. The summed E-state index contributed by atoms with van der Waals surface area (Å²) in [6.45, 7) is 8.16. The fourth-order valence-electron chi connectivity index (χ4n) is 3.38. The summed E-state index contributed by atoms with van der Waals surface area (Å²) >= 11 is 0. The number of benzene rings is 1. The number of piperazine rings is 1. The van der Waals surface area contributed by atoms with Crippen LogP contribution in [0.25, 0.3) is 0 Å². The Balaban J connectivity index is 1.59. The largest absolute Gasteiger partial charge is 0.324 e. The van der Waals surface area contributed by atoms with E-state index in [2.05, 4.69) is 34.1 Å². The third-order valence-corrected chi connectivity index (χ3v) is 4.58. The van der Waals surface area contributed by atoms with Crippen LogP contribution in [0.4, 0.5) is 0 Å². The average Bonchev–Trinajstić information content (AvgIpc) is 2.87. The number of rotatable bonds is 3. The molecule has 0 radical (unpaired) electrons. The molecule has 1 aromatic rings. The van der Waals surface area contributed by atoms with Gasteiger partial charge in [0.05, 0.1) is 0 Å².